The first-order valence-electron chi connectivity index (χ1n) is 13.2. The molecule has 0 nitrogen and oxygen atoms in total. The van der Waals surface area contributed by atoms with E-state index < -0.39 is 0 Å². The minimum atomic E-state index is 0.585. The Bertz CT molecular complexity index is 605. The summed E-state index contributed by atoms with van der Waals surface area (Å²) in [4.78, 5) is 0.862. The third kappa shape index (κ3) is 3.84. The van der Waals surface area contributed by atoms with E-state index >= 15 is 0 Å². The van der Waals surface area contributed by atoms with Crippen LogP contribution in [-0.4, -0.2) is 16.0 Å². The standard InChI is InChI=1S/C28H48Se/c1-6-28-17-14-22(29)18-21(28)10-11-23-25-13-12-24(20(4)9-7-8-19(2)3)27(25,5)16-15-26(23)28/h10,19-20,22-26,29H,6-9,11-18H2,1-5H3/t20-,22+,23+,24-,25+,26+,27-,28+/m1/s1. The van der Waals surface area contributed by atoms with E-state index in [1.54, 1.807) is 0 Å². The van der Waals surface area contributed by atoms with Gasteiger partial charge < -0.3 is 0 Å². The van der Waals surface area contributed by atoms with Crippen molar-refractivity contribution < 1.29 is 0 Å². The molecular formula is C28H48Se. The summed E-state index contributed by atoms with van der Waals surface area (Å²) in [5.74, 6) is 5.80. The monoisotopic (exact) mass is 464 g/mol. The van der Waals surface area contributed by atoms with Crippen molar-refractivity contribution in [2.75, 3.05) is 0 Å². The number of fused-ring (bicyclic) bond motifs is 5. The van der Waals surface area contributed by atoms with E-state index in [9.17, 15) is 0 Å². The van der Waals surface area contributed by atoms with Crippen molar-refractivity contribution in [3.05, 3.63) is 11.6 Å². The molecule has 4 aliphatic rings. The van der Waals surface area contributed by atoms with Gasteiger partial charge in [0, 0.05) is 0 Å². The molecule has 166 valence electrons. The Morgan fingerprint density at radius 2 is 1.83 bits per heavy atom. The summed E-state index contributed by atoms with van der Waals surface area (Å²) >= 11 is 2.98. The Labute approximate surface area is 190 Å². The van der Waals surface area contributed by atoms with Crippen molar-refractivity contribution in [2.24, 2.45) is 46.3 Å². The average Bonchev–Trinajstić information content (AvgIpc) is 3.04. The molecule has 0 spiro atoms. The average molecular weight is 464 g/mol. The first-order valence-corrected chi connectivity index (χ1v) is 14.3. The SMILES string of the molecule is CC[C@]12CC[C@H]([SeH])CC1=CC[C@@H]1[C@@H]2CC[C@]2(C)[C@@H]([C@H](C)CCCC(C)C)CC[C@@H]12. The Balaban J connectivity index is 1.51. The Morgan fingerprint density at radius 1 is 1.03 bits per heavy atom. The zero-order valence-electron chi connectivity index (χ0n) is 20.1. The molecule has 0 aromatic rings. The molecule has 0 heterocycles. The molecule has 0 bridgehead atoms. The third-order valence-corrected chi connectivity index (χ3v) is 11.6. The normalized spacial score (nSPS) is 45.3. The third-order valence-electron chi connectivity index (χ3n) is 10.6. The van der Waals surface area contributed by atoms with E-state index in [-0.39, 0.29) is 0 Å². The quantitative estimate of drug-likeness (QED) is 0.276. The van der Waals surface area contributed by atoms with E-state index in [1.807, 2.05) is 5.57 Å². The predicted molar refractivity (Wildman–Crippen MR) is 129 cm³/mol. The van der Waals surface area contributed by atoms with Crippen LogP contribution in [0.25, 0.3) is 0 Å². The van der Waals surface area contributed by atoms with E-state index in [4.69, 9.17) is 0 Å². The second kappa shape index (κ2) is 8.65. The number of hydrogen-bond donors (Lipinski definition) is 0. The fraction of sp³-hybridized carbons (Fsp3) is 0.929. The molecule has 4 rings (SSSR count). The molecule has 4 aliphatic carbocycles. The zero-order valence-corrected chi connectivity index (χ0v) is 21.9. The Morgan fingerprint density at radius 3 is 2.55 bits per heavy atom. The molecule has 8 atom stereocenters. The number of allylic oxidation sites excluding steroid dienone is 2. The molecule has 0 amide bonds. The van der Waals surface area contributed by atoms with Gasteiger partial charge in [-0.05, 0) is 5.92 Å². The molecule has 0 aromatic carbocycles. The molecule has 0 aromatic heterocycles. The molecule has 3 fully saturated rings. The van der Waals surface area contributed by atoms with Gasteiger partial charge in [0.2, 0.25) is 0 Å². The van der Waals surface area contributed by atoms with Crippen LogP contribution in [0.3, 0.4) is 0 Å². The molecule has 3 saturated carbocycles. The van der Waals surface area contributed by atoms with Gasteiger partial charge in [0.25, 0.3) is 0 Å². The predicted octanol–water partition coefficient (Wildman–Crippen LogP) is 8.11. The summed E-state index contributed by atoms with van der Waals surface area (Å²) in [5.41, 5.74) is 3.11. The molecule has 29 heavy (non-hydrogen) atoms. The number of hydrogen-bond acceptors (Lipinski definition) is 0. The molecule has 0 unspecified atom stereocenters. The van der Waals surface area contributed by atoms with E-state index in [0.717, 1.165) is 40.3 Å². The maximum atomic E-state index is 2.98. The van der Waals surface area contributed by atoms with Crippen molar-refractivity contribution in [3.63, 3.8) is 0 Å². The van der Waals surface area contributed by atoms with E-state index in [0.29, 0.717) is 10.8 Å². The van der Waals surface area contributed by atoms with Crippen LogP contribution in [-0.2, 0) is 0 Å². The first kappa shape index (κ1) is 22.5. The number of rotatable bonds is 6. The van der Waals surface area contributed by atoms with Crippen LogP contribution in [0, 0.1) is 46.3 Å². The summed E-state index contributed by atoms with van der Waals surface area (Å²) in [6.45, 7) is 12.6. The summed E-state index contributed by atoms with van der Waals surface area (Å²) in [7, 11) is 0. The van der Waals surface area contributed by atoms with Crippen LogP contribution in [0.2, 0.25) is 4.82 Å². The summed E-state index contributed by atoms with van der Waals surface area (Å²) in [6, 6.07) is 0. The first-order chi connectivity index (χ1) is 13.8. The van der Waals surface area contributed by atoms with Gasteiger partial charge >= 0.3 is 164 Å². The van der Waals surface area contributed by atoms with E-state index in [2.05, 4.69) is 56.7 Å². The fourth-order valence-corrected chi connectivity index (χ4v) is 9.81. The van der Waals surface area contributed by atoms with Crippen molar-refractivity contribution >= 4 is 16.0 Å². The summed E-state index contributed by atoms with van der Waals surface area (Å²) in [5, 5.41) is 0. The van der Waals surface area contributed by atoms with Gasteiger partial charge in [-0.3, -0.25) is 0 Å². The van der Waals surface area contributed by atoms with Crippen LogP contribution >= 0.6 is 0 Å². The van der Waals surface area contributed by atoms with Gasteiger partial charge in [0.1, 0.15) is 0 Å². The van der Waals surface area contributed by atoms with Crippen molar-refractivity contribution in [1.29, 1.82) is 0 Å². The van der Waals surface area contributed by atoms with Crippen LogP contribution in [0.5, 0.6) is 0 Å². The Kier molecular flexibility index (Phi) is 6.70. The summed E-state index contributed by atoms with van der Waals surface area (Å²) in [6.07, 6.45) is 20.4. The molecule has 0 aliphatic heterocycles. The van der Waals surface area contributed by atoms with Gasteiger partial charge in [0.05, 0.1) is 0 Å². The van der Waals surface area contributed by atoms with Gasteiger partial charge in [-0.2, -0.15) is 0 Å². The van der Waals surface area contributed by atoms with Gasteiger partial charge in [-0.15, -0.1) is 0 Å². The van der Waals surface area contributed by atoms with Gasteiger partial charge in [-0.1, -0.05) is 20.3 Å². The zero-order chi connectivity index (χ0) is 20.8. The van der Waals surface area contributed by atoms with Crippen molar-refractivity contribution in [3.8, 4) is 0 Å². The topological polar surface area (TPSA) is 0 Å². The van der Waals surface area contributed by atoms with Crippen LogP contribution in [0.4, 0.5) is 0 Å². The maximum absolute atomic E-state index is 2.98. The molecule has 0 saturated heterocycles. The second-order valence-corrected chi connectivity index (χ2v) is 13.8. The molecule has 0 radical (unpaired) electrons. The van der Waals surface area contributed by atoms with Crippen LogP contribution < -0.4 is 0 Å². The molecular weight excluding hydrogens is 415 g/mol. The van der Waals surface area contributed by atoms with Gasteiger partial charge in [0.15, 0.2) is 0 Å². The van der Waals surface area contributed by atoms with Crippen molar-refractivity contribution in [2.45, 2.75) is 116 Å². The van der Waals surface area contributed by atoms with Crippen molar-refractivity contribution in [1.82, 2.24) is 0 Å². The van der Waals surface area contributed by atoms with Gasteiger partial charge in [-0.25, -0.2) is 0 Å². The second-order valence-electron chi connectivity index (χ2n) is 12.3. The van der Waals surface area contributed by atoms with Crippen LogP contribution in [0.15, 0.2) is 11.6 Å². The van der Waals surface area contributed by atoms with Crippen LogP contribution in [0.1, 0.15) is 112 Å². The van der Waals surface area contributed by atoms with E-state index in [1.165, 1.54) is 77.0 Å². The Hall–Kier alpha value is 0.259. The summed E-state index contributed by atoms with van der Waals surface area (Å²) < 4.78 is 0. The molecule has 0 N–H and O–H groups in total. The fourth-order valence-electron chi connectivity index (χ4n) is 9.13. The minimum absolute atomic E-state index is 0.585. The molecule has 1 heteroatoms.